The molecule has 0 amide bonds. The van der Waals surface area contributed by atoms with Crippen molar-refractivity contribution in [2.45, 2.75) is 40.2 Å². The summed E-state index contributed by atoms with van der Waals surface area (Å²) < 4.78 is 5.13. The number of hydrogen-bond acceptors (Lipinski definition) is 2. The van der Waals surface area contributed by atoms with Crippen molar-refractivity contribution in [1.82, 2.24) is 0 Å². The molecule has 0 aliphatic carbocycles. The van der Waals surface area contributed by atoms with Gasteiger partial charge in [-0.25, -0.2) is 4.79 Å². The van der Waals surface area contributed by atoms with Gasteiger partial charge >= 0.3 is 5.97 Å². The second-order valence-electron chi connectivity index (χ2n) is 3.11. The minimum Gasteiger partial charge on any atom is -0.454 e. The van der Waals surface area contributed by atoms with E-state index in [-0.39, 0.29) is 12.1 Å². The highest BCUT2D eigenvalue weighted by molar-refractivity contribution is 9.09. The first-order valence-electron chi connectivity index (χ1n) is 5.26. The molecule has 86 valence electrons. The molecule has 3 heteroatoms. The third kappa shape index (κ3) is 4.65. The quantitative estimate of drug-likeness (QED) is 0.447. The Kier molecular flexibility index (Phi) is 7.39. The van der Waals surface area contributed by atoms with Gasteiger partial charge in [-0.05, 0) is 19.9 Å². The Morgan fingerprint density at radius 2 is 2.20 bits per heavy atom. The zero-order valence-electron chi connectivity index (χ0n) is 9.84. The van der Waals surface area contributed by atoms with Crippen LogP contribution in [0.5, 0.6) is 0 Å². The molecule has 1 rings (SSSR count). The normalized spacial score (nSPS) is 20.3. The molecule has 1 heterocycles. The molecule has 0 radical (unpaired) electrons. The van der Waals surface area contributed by atoms with Crippen LogP contribution in [0.4, 0.5) is 0 Å². The van der Waals surface area contributed by atoms with Gasteiger partial charge in [0.05, 0.1) is 0 Å². The SMILES string of the molecule is C/C=C(/C)CC1C=C(CBr)C(=O)O1.CC. The molecule has 0 fully saturated rings. The van der Waals surface area contributed by atoms with Gasteiger partial charge in [0.2, 0.25) is 0 Å². The third-order valence-corrected chi connectivity index (χ3v) is 2.67. The standard InChI is InChI=1S/C10H13BrO2.C2H6/c1-3-7(2)4-9-5-8(6-11)10(12)13-9;1-2/h3,5,9H,4,6H2,1-2H3;1-2H3/b7-3-;. The largest absolute Gasteiger partial charge is 0.454 e. The number of cyclic esters (lactones) is 1. The lowest BCUT2D eigenvalue weighted by molar-refractivity contribution is -0.139. The summed E-state index contributed by atoms with van der Waals surface area (Å²) in [7, 11) is 0. The van der Waals surface area contributed by atoms with Crippen molar-refractivity contribution in [3.63, 3.8) is 0 Å². The topological polar surface area (TPSA) is 26.3 Å². The molecule has 15 heavy (non-hydrogen) atoms. The average Bonchev–Trinajstić information content (AvgIpc) is 2.61. The van der Waals surface area contributed by atoms with Crippen LogP contribution in [0.25, 0.3) is 0 Å². The van der Waals surface area contributed by atoms with Crippen molar-refractivity contribution < 1.29 is 9.53 Å². The van der Waals surface area contributed by atoms with E-state index in [1.165, 1.54) is 5.57 Å². The fourth-order valence-corrected chi connectivity index (χ4v) is 1.59. The molecule has 0 aromatic rings. The number of hydrogen-bond donors (Lipinski definition) is 0. The maximum atomic E-state index is 11.1. The summed E-state index contributed by atoms with van der Waals surface area (Å²) >= 11 is 3.24. The van der Waals surface area contributed by atoms with Crippen molar-refractivity contribution >= 4 is 21.9 Å². The highest BCUT2D eigenvalue weighted by atomic mass is 79.9. The Labute approximate surface area is 101 Å². The monoisotopic (exact) mass is 274 g/mol. The maximum Gasteiger partial charge on any atom is 0.335 e. The van der Waals surface area contributed by atoms with Crippen LogP contribution in [0.15, 0.2) is 23.3 Å². The van der Waals surface area contributed by atoms with E-state index >= 15 is 0 Å². The summed E-state index contributed by atoms with van der Waals surface area (Å²) in [5.41, 5.74) is 1.97. The van der Waals surface area contributed by atoms with E-state index in [4.69, 9.17) is 4.74 Å². The Morgan fingerprint density at radius 1 is 1.60 bits per heavy atom. The lowest BCUT2D eigenvalue weighted by Gasteiger charge is -2.07. The highest BCUT2D eigenvalue weighted by Gasteiger charge is 2.24. The molecule has 1 unspecified atom stereocenters. The fraction of sp³-hybridized carbons (Fsp3) is 0.583. The highest BCUT2D eigenvalue weighted by Crippen LogP contribution is 2.20. The van der Waals surface area contributed by atoms with Crippen LogP contribution >= 0.6 is 15.9 Å². The predicted molar refractivity (Wildman–Crippen MR) is 67.2 cm³/mol. The number of alkyl halides is 1. The molecule has 2 nitrogen and oxygen atoms in total. The van der Waals surface area contributed by atoms with Gasteiger partial charge in [0, 0.05) is 17.3 Å². The predicted octanol–water partition coefficient (Wildman–Crippen LogP) is 3.62. The van der Waals surface area contributed by atoms with E-state index in [9.17, 15) is 4.79 Å². The van der Waals surface area contributed by atoms with Crippen LogP contribution in [0, 0.1) is 0 Å². The lowest BCUT2D eigenvalue weighted by atomic mass is 10.1. The zero-order chi connectivity index (χ0) is 11.8. The summed E-state index contributed by atoms with van der Waals surface area (Å²) in [5, 5.41) is 0.581. The summed E-state index contributed by atoms with van der Waals surface area (Å²) in [6, 6.07) is 0. The van der Waals surface area contributed by atoms with Crippen molar-refractivity contribution in [2.75, 3.05) is 5.33 Å². The Bertz CT molecular complexity index is 267. The molecule has 1 aliphatic rings. The number of esters is 1. The summed E-state index contributed by atoms with van der Waals surface area (Å²) in [6.07, 6.45) is 4.67. The van der Waals surface area contributed by atoms with Gasteiger partial charge in [0.15, 0.2) is 0 Å². The second kappa shape index (κ2) is 7.69. The van der Waals surface area contributed by atoms with Gasteiger partial charge in [-0.3, -0.25) is 0 Å². The zero-order valence-corrected chi connectivity index (χ0v) is 11.4. The van der Waals surface area contributed by atoms with Crippen LogP contribution in [-0.2, 0) is 9.53 Å². The number of allylic oxidation sites excluding steroid dienone is 1. The smallest absolute Gasteiger partial charge is 0.335 e. The van der Waals surface area contributed by atoms with Crippen molar-refractivity contribution in [3.8, 4) is 0 Å². The first-order chi connectivity index (χ1) is 7.17. The third-order valence-electron chi connectivity index (χ3n) is 2.07. The van der Waals surface area contributed by atoms with E-state index < -0.39 is 0 Å². The van der Waals surface area contributed by atoms with E-state index in [0.717, 1.165) is 12.0 Å². The molecule has 0 spiro atoms. The molecular formula is C12H19BrO2. The molecule has 0 aromatic heterocycles. The molecule has 1 atom stereocenters. The summed E-state index contributed by atoms with van der Waals surface area (Å²) in [5.74, 6) is -0.189. The number of halogens is 1. The van der Waals surface area contributed by atoms with Gasteiger partial charge < -0.3 is 4.74 Å². The number of ether oxygens (including phenoxy) is 1. The Balaban J connectivity index is 0.000000921. The molecule has 0 N–H and O–H groups in total. The minimum atomic E-state index is -0.189. The van der Waals surface area contributed by atoms with Crippen LogP contribution in [0.2, 0.25) is 0 Å². The second-order valence-corrected chi connectivity index (χ2v) is 3.67. The van der Waals surface area contributed by atoms with Crippen molar-refractivity contribution in [1.29, 1.82) is 0 Å². The van der Waals surface area contributed by atoms with E-state index in [1.54, 1.807) is 0 Å². The summed E-state index contributed by atoms with van der Waals surface area (Å²) in [4.78, 5) is 11.1. The fourth-order valence-electron chi connectivity index (χ4n) is 1.17. The molecule has 1 aliphatic heterocycles. The van der Waals surface area contributed by atoms with Gasteiger partial charge in [0.25, 0.3) is 0 Å². The molecular weight excluding hydrogens is 256 g/mol. The Hall–Kier alpha value is -0.570. The van der Waals surface area contributed by atoms with E-state index in [1.807, 2.05) is 39.8 Å². The molecule has 0 saturated carbocycles. The number of carbonyl (C=O) groups is 1. The van der Waals surface area contributed by atoms with Gasteiger partial charge in [-0.15, -0.1) is 0 Å². The van der Waals surface area contributed by atoms with E-state index in [0.29, 0.717) is 5.33 Å². The van der Waals surface area contributed by atoms with Crippen molar-refractivity contribution in [3.05, 3.63) is 23.3 Å². The van der Waals surface area contributed by atoms with Crippen LogP contribution in [0.1, 0.15) is 34.1 Å². The molecule has 0 bridgehead atoms. The number of rotatable bonds is 3. The van der Waals surface area contributed by atoms with Gasteiger partial charge in [-0.1, -0.05) is 41.4 Å². The molecule has 0 aromatic carbocycles. The number of carbonyl (C=O) groups excluding carboxylic acids is 1. The first kappa shape index (κ1) is 14.4. The summed E-state index contributed by atoms with van der Waals surface area (Å²) in [6.45, 7) is 8.02. The van der Waals surface area contributed by atoms with Crippen LogP contribution in [-0.4, -0.2) is 17.4 Å². The first-order valence-corrected chi connectivity index (χ1v) is 6.39. The maximum absolute atomic E-state index is 11.1. The van der Waals surface area contributed by atoms with Crippen molar-refractivity contribution in [2.24, 2.45) is 0 Å². The van der Waals surface area contributed by atoms with Gasteiger partial charge in [-0.2, -0.15) is 0 Å². The lowest BCUT2D eigenvalue weighted by Crippen LogP contribution is -2.08. The van der Waals surface area contributed by atoms with Gasteiger partial charge in [0.1, 0.15) is 6.10 Å². The van der Waals surface area contributed by atoms with Crippen LogP contribution < -0.4 is 0 Å². The molecule has 0 saturated heterocycles. The Morgan fingerprint density at radius 3 is 2.60 bits per heavy atom. The average molecular weight is 275 g/mol. The van der Waals surface area contributed by atoms with E-state index in [2.05, 4.69) is 15.9 Å². The minimum absolute atomic E-state index is 0.0590. The van der Waals surface area contributed by atoms with Crippen LogP contribution in [0.3, 0.4) is 0 Å².